The molecule has 4 aromatic rings. The van der Waals surface area contributed by atoms with Crippen LogP contribution in [-0.2, 0) is 4.79 Å². The molecular formula is C23H16ClNO4. The molecule has 0 aliphatic carbocycles. The van der Waals surface area contributed by atoms with Crippen LogP contribution in [0.2, 0.25) is 5.02 Å². The van der Waals surface area contributed by atoms with E-state index in [4.69, 9.17) is 20.8 Å². The van der Waals surface area contributed by atoms with Crippen molar-refractivity contribution >= 4 is 34.2 Å². The molecule has 0 aliphatic rings. The average molecular weight is 406 g/mol. The number of para-hydroxylation sites is 1. The van der Waals surface area contributed by atoms with Crippen LogP contribution in [0.5, 0.6) is 5.75 Å². The van der Waals surface area contributed by atoms with Crippen LogP contribution in [-0.4, -0.2) is 12.5 Å². The normalized spacial score (nSPS) is 10.7. The zero-order valence-corrected chi connectivity index (χ0v) is 16.0. The van der Waals surface area contributed by atoms with E-state index in [1.165, 1.54) is 6.07 Å². The van der Waals surface area contributed by atoms with Crippen molar-refractivity contribution in [1.82, 2.24) is 0 Å². The van der Waals surface area contributed by atoms with Crippen molar-refractivity contribution in [3.8, 4) is 16.9 Å². The Kier molecular flexibility index (Phi) is 5.31. The number of fused-ring (bicyclic) bond motifs is 1. The van der Waals surface area contributed by atoms with E-state index >= 15 is 0 Å². The van der Waals surface area contributed by atoms with Crippen molar-refractivity contribution in [2.24, 2.45) is 0 Å². The van der Waals surface area contributed by atoms with Crippen molar-refractivity contribution in [2.75, 3.05) is 11.9 Å². The summed E-state index contributed by atoms with van der Waals surface area (Å²) in [5.74, 6) is 0.0675. The molecule has 3 aromatic carbocycles. The highest BCUT2D eigenvalue weighted by Gasteiger charge is 2.10. The minimum Gasteiger partial charge on any atom is -0.484 e. The van der Waals surface area contributed by atoms with Gasteiger partial charge in [0.05, 0.1) is 10.7 Å². The van der Waals surface area contributed by atoms with E-state index < -0.39 is 5.63 Å². The molecule has 0 saturated heterocycles. The molecule has 0 unspecified atom stereocenters. The first-order valence-electron chi connectivity index (χ1n) is 8.91. The number of carbonyl (C=O) groups excluding carboxylic acids is 1. The Morgan fingerprint density at radius 3 is 2.52 bits per heavy atom. The number of carbonyl (C=O) groups is 1. The van der Waals surface area contributed by atoms with Crippen molar-refractivity contribution < 1.29 is 13.9 Å². The third kappa shape index (κ3) is 4.31. The first-order valence-corrected chi connectivity index (χ1v) is 9.28. The fourth-order valence-electron chi connectivity index (χ4n) is 2.99. The topological polar surface area (TPSA) is 68.5 Å². The van der Waals surface area contributed by atoms with E-state index in [2.05, 4.69) is 5.32 Å². The van der Waals surface area contributed by atoms with Gasteiger partial charge in [-0.1, -0.05) is 54.1 Å². The molecule has 5 nitrogen and oxygen atoms in total. The van der Waals surface area contributed by atoms with Gasteiger partial charge < -0.3 is 14.5 Å². The van der Waals surface area contributed by atoms with Gasteiger partial charge in [0, 0.05) is 17.5 Å². The SMILES string of the molecule is O=C(COc1ccc2c(-c3ccccc3)cc(=O)oc2c1)Nc1ccccc1Cl. The van der Waals surface area contributed by atoms with E-state index in [-0.39, 0.29) is 12.5 Å². The zero-order chi connectivity index (χ0) is 20.2. The van der Waals surface area contributed by atoms with Crippen LogP contribution in [0.25, 0.3) is 22.1 Å². The van der Waals surface area contributed by atoms with Gasteiger partial charge in [-0.05, 0) is 35.4 Å². The van der Waals surface area contributed by atoms with Gasteiger partial charge in [0.25, 0.3) is 5.91 Å². The first kappa shape index (κ1) is 18.8. The van der Waals surface area contributed by atoms with Crippen LogP contribution in [0.15, 0.2) is 88.1 Å². The lowest BCUT2D eigenvalue weighted by molar-refractivity contribution is -0.118. The van der Waals surface area contributed by atoms with E-state index in [1.807, 2.05) is 36.4 Å². The van der Waals surface area contributed by atoms with Gasteiger partial charge in [-0.2, -0.15) is 0 Å². The summed E-state index contributed by atoms with van der Waals surface area (Å²) < 4.78 is 10.9. The predicted molar refractivity (Wildman–Crippen MR) is 113 cm³/mol. The minimum atomic E-state index is -0.454. The molecule has 0 radical (unpaired) electrons. The second-order valence-electron chi connectivity index (χ2n) is 6.32. The van der Waals surface area contributed by atoms with Gasteiger partial charge in [-0.3, -0.25) is 4.79 Å². The number of ether oxygens (including phenoxy) is 1. The number of anilines is 1. The predicted octanol–water partition coefficient (Wildman–Crippen LogP) is 5.13. The van der Waals surface area contributed by atoms with Gasteiger partial charge in [-0.25, -0.2) is 4.79 Å². The quantitative estimate of drug-likeness (QED) is 0.467. The molecule has 4 rings (SSSR count). The molecule has 6 heteroatoms. The summed E-state index contributed by atoms with van der Waals surface area (Å²) in [6.45, 7) is -0.209. The van der Waals surface area contributed by atoms with Gasteiger partial charge in [0.2, 0.25) is 0 Å². The number of rotatable bonds is 5. The Balaban J connectivity index is 1.54. The van der Waals surface area contributed by atoms with E-state index in [0.29, 0.717) is 22.0 Å². The van der Waals surface area contributed by atoms with E-state index in [1.54, 1.807) is 36.4 Å². The summed E-state index contributed by atoms with van der Waals surface area (Å²) in [7, 11) is 0. The number of hydrogen-bond donors (Lipinski definition) is 1. The Labute approximate surface area is 171 Å². The molecule has 0 aliphatic heterocycles. The van der Waals surface area contributed by atoms with Gasteiger partial charge in [-0.15, -0.1) is 0 Å². The Hall–Kier alpha value is -3.57. The zero-order valence-electron chi connectivity index (χ0n) is 15.2. The maximum absolute atomic E-state index is 12.1. The molecule has 1 heterocycles. The smallest absolute Gasteiger partial charge is 0.336 e. The number of benzene rings is 3. The molecule has 1 amide bonds. The highest BCUT2D eigenvalue weighted by Crippen LogP contribution is 2.29. The van der Waals surface area contributed by atoms with Crippen LogP contribution in [0, 0.1) is 0 Å². The van der Waals surface area contributed by atoms with E-state index in [0.717, 1.165) is 16.5 Å². The van der Waals surface area contributed by atoms with Crippen molar-refractivity contribution in [3.63, 3.8) is 0 Å². The summed E-state index contributed by atoms with van der Waals surface area (Å²) in [6.07, 6.45) is 0. The maximum Gasteiger partial charge on any atom is 0.336 e. The molecule has 0 fully saturated rings. The molecule has 0 spiro atoms. The molecule has 0 atom stereocenters. The third-order valence-electron chi connectivity index (χ3n) is 4.32. The fraction of sp³-hybridized carbons (Fsp3) is 0.0435. The molecule has 1 aromatic heterocycles. The summed E-state index contributed by atoms with van der Waals surface area (Å²) in [4.78, 5) is 24.1. The summed E-state index contributed by atoms with van der Waals surface area (Å²) >= 11 is 6.03. The highest BCUT2D eigenvalue weighted by atomic mass is 35.5. The average Bonchev–Trinajstić information content (AvgIpc) is 2.73. The first-order chi connectivity index (χ1) is 14.1. The van der Waals surface area contributed by atoms with Gasteiger partial charge in [0.15, 0.2) is 6.61 Å². The van der Waals surface area contributed by atoms with Crippen LogP contribution >= 0.6 is 11.6 Å². The highest BCUT2D eigenvalue weighted by molar-refractivity contribution is 6.33. The molecule has 0 saturated carbocycles. The Morgan fingerprint density at radius 2 is 1.72 bits per heavy atom. The number of nitrogens with one attached hydrogen (secondary N) is 1. The van der Waals surface area contributed by atoms with Crippen molar-refractivity contribution in [3.05, 3.63) is 94.3 Å². The second kappa shape index (κ2) is 8.20. The van der Waals surface area contributed by atoms with Gasteiger partial charge in [0.1, 0.15) is 11.3 Å². The maximum atomic E-state index is 12.1. The molecular weight excluding hydrogens is 390 g/mol. The van der Waals surface area contributed by atoms with Crippen molar-refractivity contribution in [2.45, 2.75) is 0 Å². The Bertz CT molecular complexity index is 1230. The molecule has 29 heavy (non-hydrogen) atoms. The lowest BCUT2D eigenvalue weighted by Crippen LogP contribution is -2.20. The summed E-state index contributed by atoms with van der Waals surface area (Å²) in [5, 5.41) is 3.92. The van der Waals surface area contributed by atoms with Crippen LogP contribution in [0.3, 0.4) is 0 Å². The van der Waals surface area contributed by atoms with Gasteiger partial charge >= 0.3 is 5.63 Å². The third-order valence-corrected chi connectivity index (χ3v) is 4.65. The standard InChI is InChI=1S/C23H16ClNO4/c24-19-8-4-5-9-20(19)25-22(26)14-28-16-10-11-17-18(15-6-2-1-3-7-15)13-23(27)29-21(17)12-16/h1-13H,14H2,(H,25,26). The van der Waals surface area contributed by atoms with Crippen LogP contribution < -0.4 is 15.7 Å². The molecule has 0 bridgehead atoms. The van der Waals surface area contributed by atoms with Crippen LogP contribution in [0.4, 0.5) is 5.69 Å². The summed E-state index contributed by atoms with van der Waals surface area (Å²) in [5.41, 5.74) is 2.14. The number of hydrogen-bond acceptors (Lipinski definition) is 4. The lowest BCUT2D eigenvalue weighted by Gasteiger charge is -2.10. The van der Waals surface area contributed by atoms with Crippen LogP contribution in [0.1, 0.15) is 0 Å². The monoisotopic (exact) mass is 405 g/mol. The number of amides is 1. The second-order valence-corrected chi connectivity index (χ2v) is 6.73. The lowest BCUT2D eigenvalue weighted by atomic mass is 10.0. The summed E-state index contributed by atoms with van der Waals surface area (Å²) in [6, 6.07) is 23.1. The van der Waals surface area contributed by atoms with E-state index in [9.17, 15) is 9.59 Å². The fourth-order valence-corrected chi connectivity index (χ4v) is 3.17. The largest absolute Gasteiger partial charge is 0.484 e. The molecule has 144 valence electrons. The minimum absolute atomic E-state index is 0.209. The number of halogens is 1. The Morgan fingerprint density at radius 1 is 0.966 bits per heavy atom. The van der Waals surface area contributed by atoms with Crippen molar-refractivity contribution in [1.29, 1.82) is 0 Å². The molecule has 1 N–H and O–H groups in total.